The van der Waals surface area contributed by atoms with E-state index in [-0.39, 0.29) is 5.69 Å². The highest BCUT2D eigenvalue weighted by Crippen LogP contribution is 2.34. The van der Waals surface area contributed by atoms with E-state index < -0.39 is 4.92 Å². The van der Waals surface area contributed by atoms with Gasteiger partial charge in [-0.15, -0.1) is 11.3 Å². The first-order valence-corrected chi connectivity index (χ1v) is 8.60. The maximum Gasteiger partial charge on any atom is 0.272 e. The van der Waals surface area contributed by atoms with Gasteiger partial charge in [-0.25, -0.2) is 4.98 Å². The molecule has 0 aliphatic carbocycles. The molecule has 118 valence electrons. The SMILES string of the molecule is Cc1ccc(C=C(C#N)Sc2nc3ccccc3s2)cc1[N+](=O)[O-]. The molecule has 5 nitrogen and oxygen atoms in total. The van der Waals surface area contributed by atoms with E-state index in [1.54, 1.807) is 25.1 Å². The zero-order chi connectivity index (χ0) is 17.1. The van der Waals surface area contributed by atoms with Crippen LogP contribution in [0.15, 0.2) is 51.7 Å². The Bertz CT molecular complexity index is 969. The van der Waals surface area contributed by atoms with E-state index in [4.69, 9.17) is 0 Å². The van der Waals surface area contributed by atoms with Gasteiger partial charge in [0.25, 0.3) is 5.69 Å². The zero-order valence-electron chi connectivity index (χ0n) is 12.6. The van der Waals surface area contributed by atoms with Crippen molar-refractivity contribution in [2.24, 2.45) is 0 Å². The fourth-order valence-corrected chi connectivity index (χ4v) is 4.11. The maximum atomic E-state index is 11.0. The van der Waals surface area contributed by atoms with Gasteiger partial charge in [0.15, 0.2) is 4.34 Å². The molecule has 7 heteroatoms. The van der Waals surface area contributed by atoms with Gasteiger partial charge >= 0.3 is 0 Å². The van der Waals surface area contributed by atoms with Gasteiger partial charge in [-0.3, -0.25) is 10.1 Å². The Balaban J connectivity index is 1.91. The molecular weight excluding hydrogens is 342 g/mol. The lowest BCUT2D eigenvalue weighted by Gasteiger charge is -2.00. The molecule has 0 aliphatic rings. The predicted octanol–water partition coefficient (Wildman–Crippen LogP) is 5.17. The highest BCUT2D eigenvalue weighted by Gasteiger charge is 2.12. The van der Waals surface area contributed by atoms with Crippen LogP contribution in [0.1, 0.15) is 11.1 Å². The first-order chi connectivity index (χ1) is 11.6. The Morgan fingerprint density at radius 2 is 2.17 bits per heavy atom. The van der Waals surface area contributed by atoms with Crippen molar-refractivity contribution in [2.75, 3.05) is 0 Å². The molecule has 0 bridgehead atoms. The number of hydrogen-bond donors (Lipinski definition) is 0. The summed E-state index contributed by atoms with van der Waals surface area (Å²) < 4.78 is 1.83. The van der Waals surface area contributed by atoms with Crippen molar-refractivity contribution >= 4 is 45.1 Å². The number of fused-ring (bicyclic) bond motifs is 1. The summed E-state index contributed by atoms with van der Waals surface area (Å²) in [7, 11) is 0. The molecule has 0 saturated heterocycles. The Morgan fingerprint density at radius 1 is 1.38 bits per heavy atom. The van der Waals surface area contributed by atoms with Crippen LogP contribution in [-0.2, 0) is 0 Å². The second-order valence-electron chi connectivity index (χ2n) is 4.97. The molecule has 0 fully saturated rings. The second kappa shape index (κ2) is 6.83. The number of allylic oxidation sites excluding steroid dienone is 1. The Hall–Kier alpha value is -2.69. The number of nitro benzene ring substituents is 1. The molecule has 0 saturated carbocycles. The third-order valence-electron chi connectivity index (χ3n) is 3.31. The van der Waals surface area contributed by atoms with E-state index in [1.807, 2.05) is 24.3 Å². The van der Waals surface area contributed by atoms with Gasteiger partial charge in [0.05, 0.1) is 20.0 Å². The number of benzene rings is 2. The van der Waals surface area contributed by atoms with Gasteiger partial charge < -0.3 is 0 Å². The Labute approximate surface area is 146 Å². The number of nitriles is 1. The van der Waals surface area contributed by atoms with Gasteiger partial charge in [-0.2, -0.15) is 5.26 Å². The molecule has 24 heavy (non-hydrogen) atoms. The topological polar surface area (TPSA) is 79.8 Å². The van der Waals surface area contributed by atoms with E-state index in [2.05, 4.69) is 11.1 Å². The lowest BCUT2D eigenvalue weighted by atomic mass is 10.1. The lowest BCUT2D eigenvalue weighted by Crippen LogP contribution is -1.92. The minimum absolute atomic E-state index is 0.0472. The van der Waals surface area contributed by atoms with Crippen LogP contribution in [0.5, 0.6) is 0 Å². The predicted molar refractivity (Wildman–Crippen MR) is 96.9 cm³/mol. The summed E-state index contributed by atoms with van der Waals surface area (Å²) >= 11 is 2.78. The lowest BCUT2D eigenvalue weighted by molar-refractivity contribution is -0.385. The average molecular weight is 353 g/mol. The molecular formula is C17H11N3O2S2. The number of aryl methyl sites for hydroxylation is 1. The van der Waals surface area contributed by atoms with Crippen LogP contribution in [0.25, 0.3) is 16.3 Å². The number of rotatable bonds is 4. The monoisotopic (exact) mass is 353 g/mol. The van der Waals surface area contributed by atoms with Crippen molar-refractivity contribution in [1.29, 1.82) is 5.26 Å². The van der Waals surface area contributed by atoms with Crippen LogP contribution in [0.2, 0.25) is 0 Å². The number of thioether (sulfide) groups is 1. The summed E-state index contributed by atoms with van der Waals surface area (Å²) in [5, 5.41) is 20.4. The van der Waals surface area contributed by atoms with E-state index >= 15 is 0 Å². The molecule has 1 aromatic heterocycles. The summed E-state index contributed by atoms with van der Waals surface area (Å²) in [6.45, 7) is 1.69. The fraction of sp³-hybridized carbons (Fsp3) is 0.0588. The number of para-hydroxylation sites is 1. The zero-order valence-corrected chi connectivity index (χ0v) is 14.2. The van der Waals surface area contributed by atoms with Gasteiger partial charge in [-0.1, -0.05) is 24.3 Å². The minimum Gasteiger partial charge on any atom is -0.258 e. The Kier molecular flexibility index (Phi) is 4.60. The molecule has 0 amide bonds. The van der Waals surface area contributed by atoms with E-state index in [0.717, 1.165) is 14.6 Å². The van der Waals surface area contributed by atoms with Crippen molar-refractivity contribution in [3.63, 3.8) is 0 Å². The molecule has 0 unspecified atom stereocenters. The normalized spacial score (nSPS) is 11.4. The van der Waals surface area contributed by atoms with Crippen molar-refractivity contribution in [3.8, 4) is 6.07 Å². The summed E-state index contributed by atoms with van der Waals surface area (Å²) in [4.78, 5) is 15.5. The van der Waals surface area contributed by atoms with Gasteiger partial charge in [0.1, 0.15) is 6.07 Å². The van der Waals surface area contributed by atoms with Crippen LogP contribution in [0.3, 0.4) is 0 Å². The van der Waals surface area contributed by atoms with Crippen LogP contribution >= 0.6 is 23.1 Å². The molecule has 0 atom stereocenters. The molecule has 0 aliphatic heterocycles. The first-order valence-electron chi connectivity index (χ1n) is 6.97. The smallest absolute Gasteiger partial charge is 0.258 e. The summed E-state index contributed by atoms with van der Waals surface area (Å²) in [6, 6.07) is 14.8. The summed E-state index contributed by atoms with van der Waals surface area (Å²) in [6.07, 6.45) is 1.64. The molecule has 0 spiro atoms. The summed E-state index contributed by atoms with van der Waals surface area (Å²) in [5.74, 6) is 0. The quantitative estimate of drug-likeness (QED) is 0.280. The largest absolute Gasteiger partial charge is 0.272 e. The number of thiazole rings is 1. The number of hydrogen-bond acceptors (Lipinski definition) is 6. The first kappa shape index (κ1) is 16.2. The molecule has 0 radical (unpaired) electrons. The average Bonchev–Trinajstić information content (AvgIpc) is 2.97. The number of aromatic nitrogens is 1. The van der Waals surface area contributed by atoms with E-state index in [0.29, 0.717) is 16.0 Å². The molecule has 3 rings (SSSR count). The molecule has 0 N–H and O–H groups in total. The summed E-state index contributed by atoms with van der Waals surface area (Å²) in [5.41, 5.74) is 2.16. The van der Waals surface area contributed by atoms with Crippen molar-refractivity contribution in [3.05, 3.63) is 68.6 Å². The van der Waals surface area contributed by atoms with Gasteiger partial charge in [0.2, 0.25) is 0 Å². The highest BCUT2D eigenvalue weighted by molar-refractivity contribution is 8.05. The standard InChI is InChI=1S/C17H11N3O2S2/c1-11-6-7-12(9-15(11)20(21)22)8-13(10-18)23-17-19-14-4-2-3-5-16(14)24-17/h2-9H,1H3. The van der Waals surface area contributed by atoms with Crippen LogP contribution in [0, 0.1) is 28.4 Å². The molecule has 3 aromatic rings. The second-order valence-corrected chi connectivity index (χ2v) is 7.29. The fourth-order valence-electron chi connectivity index (χ4n) is 2.14. The highest BCUT2D eigenvalue weighted by atomic mass is 32.2. The maximum absolute atomic E-state index is 11.0. The van der Waals surface area contributed by atoms with Crippen LogP contribution in [-0.4, -0.2) is 9.91 Å². The van der Waals surface area contributed by atoms with Crippen molar-refractivity contribution < 1.29 is 4.92 Å². The number of nitrogens with zero attached hydrogens (tertiary/aromatic N) is 3. The third-order valence-corrected chi connectivity index (χ3v) is 5.34. The Morgan fingerprint density at radius 3 is 2.88 bits per heavy atom. The van der Waals surface area contributed by atoms with Crippen molar-refractivity contribution in [1.82, 2.24) is 4.98 Å². The molecule has 2 aromatic carbocycles. The van der Waals surface area contributed by atoms with Crippen LogP contribution in [0.4, 0.5) is 5.69 Å². The third kappa shape index (κ3) is 3.45. The van der Waals surface area contributed by atoms with Gasteiger partial charge in [0, 0.05) is 11.6 Å². The van der Waals surface area contributed by atoms with E-state index in [9.17, 15) is 15.4 Å². The van der Waals surface area contributed by atoms with E-state index in [1.165, 1.54) is 29.2 Å². The van der Waals surface area contributed by atoms with Crippen LogP contribution < -0.4 is 0 Å². The molecule has 1 heterocycles. The van der Waals surface area contributed by atoms with Gasteiger partial charge in [-0.05, 0) is 42.5 Å². The number of nitro groups is 1. The van der Waals surface area contributed by atoms with Crippen molar-refractivity contribution in [2.45, 2.75) is 11.3 Å². The minimum atomic E-state index is -0.417.